The first kappa shape index (κ1) is 15.5. The van der Waals surface area contributed by atoms with Crippen LogP contribution in [-0.2, 0) is 9.53 Å². The third-order valence-electron chi connectivity index (χ3n) is 3.02. The summed E-state index contributed by atoms with van der Waals surface area (Å²) in [6.07, 6.45) is 0. The molecule has 0 saturated heterocycles. The van der Waals surface area contributed by atoms with Crippen molar-refractivity contribution in [2.75, 3.05) is 13.2 Å². The molecule has 0 N–H and O–H groups in total. The van der Waals surface area contributed by atoms with E-state index in [1.54, 1.807) is 30.3 Å². The molecule has 3 rings (SSSR count). The summed E-state index contributed by atoms with van der Waals surface area (Å²) in [6, 6.07) is 16.1. The van der Waals surface area contributed by atoms with Crippen molar-refractivity contribution < 1.29 is 18.7 Å². The van der Waals surface area contributed by atoms with E-state index in [1.165, 1.54) is 0 Å². The third kappa shape index (κ3) is 4.06. The highest BCUT2D eigenvalue weighted by Gasteiger charge is 2.13. The fraction of sp³-hybridized carbons (Fsp3) is 0.118. The van der Waals surface area contributed by atoms with E-state index in [2.05, 4.69) is 4.98 Å². The molecule has 0 unspecified atom stereocenters. The first-order valence-electron chi connectivity index (χ1n) is 6.94. The fourth-order valence-corrected chi connectivity index (χ4v) is 2.57. The standard InChI is InChI=1S/C17H13NO4S/c19-14(12-6-2-1-3-7-12)10-21-11-16(20)23-17-18-13-8-4-5-9-15(13)22-17/h1-9H,10-11H2. The Kier molecular flexibility index (Phi) is 4.85. The number of thioether (sulfide) groups is 1. The number of rotatable bonds is 6. The Bertz CT molecular complexity index is 796. The number of nitrogens with zero attached hydrogens (tertiary/aromatic N) is 1. The summed E-state index contributed by atoms with van der Waals surface area (Å²) in [5.41, 5.74) is 1.89. The molecule has 1 heterocycles. The highest BCUT2D eigenvalue weighted by Crippen LogP contribution is 2.23. The van der Waals surface area contributed by atoms with Gasteiger partial charge in [-0.1, -0.05) is 42.5 Å². The highest BCUT2D eigenvalue weighted by atomic mass is 32.2. The predicted octanol–water partition coefficient (Wildman–Crippen LogP) is 3.35. The zero-order valence-electron chi connectivity index (χ0n) is 12.1. The zero-order valence-corrected chi connectivity index (χ0v) is 12.9. The zero-order chi connectivity index (χ0) is 16.1. The maximum atomic E-state index is 11.8. The summed E-state index contributed by atoms with van der Waals surface area (Å²) in [7, 11) is 0. The normalized spacial score (nSPS) is 10.8. The molecule has 0 spiro atoms. The van der Waals surface area contributed by atoms with E-state index in [9.17, 15) is 9.59 Å². The maximum absolute atomic E-state index is 11.8. The molecule has 0 aliphatic heterocycles. The lowest BCUT2D eigenvalue weighted by Crippen LogP contribution is -2.13. The van der Waals surface area contributed by atoms with Gasteiger partial charge in [0.1, 0.15) is 18.7 Å². The first-order chi connectivity index (χ1) is 11.2. The predicted molar refractivity (Wildman–Crippen MR) is 86.5 cm³/mol. The molecule has 23 heavy (non-hydrogen) atoms. The second kappa shape index (κ2) is 7.21. The second-order valence-electron chi connectivity index (χ2n) is 4.70. The van der Waals surface area contributed by atoms with Gasteiger partial charge in [0.2, 0.25) is 5.12 Å². The molecule has 3 aromatic rings. The molecule has 0 fully saturated rings. The van der Waals surface area contributed by atoms with E-state index < -0.39 is 0 Å². The lowest BCUT2D eigenvalue weighted by molar-refractivity contribution is -0.114. The lowest BCUT2D eigenvalue weighted by atomic mass is 10.1. The number of benzene rings is 2. The number of ketones is 1. The topological polar surface area (TPSA) is 69.4 Å². The van der Waals surface area contributed by atoms with Crippen LogP contribution in [0.25, 0.3) is 11.1 Å². The average Bonchev–Trinajstić information content (AvgIpc) is 2.97. The molecule has 2 aromatic carbocycles. The minimum absolute atomic E-state index is 0.135. The van der Waals surface area contributed by atoms with E-state index in [1.807, 2.05) is 24.3 Å². The van der Waals surface area contributed by atoms with Gasteiger partial charge in [0.05, 0.1) is 0 Å². The van der Waals surface area contributed by atoms with Crippen molar-refractivity contribution in [3.05, 3.63) is 60.2 Å². The van der Waals surface area contributed by atoms with Crippen LogP contribution >= 0.6 is 11.8 Å². The smallest absolute Gasteiger partial charge is 0.264 e. The summed E-state index contributed by atoms with van der Waals surface area (Å²) in [6.45, 7) is -0.314. The monoisotopic (exact) mass is 327 g/mol. The number of hydrogen-bond donors (Lipinski definition) is 0. The van der Waals surface area contributed by atoms with Crippen molar-refractivity contribution in [2.24, 2.45) is 0 Å². The van der Waals surface area contributed by atoms with Crippen LogP contribution in [0.2, 0.25) is 0 Å². The van der Waals surface area contributed by atoms with Crippen LogP contribution in [0.15, 0.2) is 64.2 Å². The second-order valence-corrected chi connectivity index (χ2v) is 5.71. The minimum atomic E-state index is -0.266. The van der Waals surface area contributed by atoms with Crippen molar-refractivity contribution in [1.29, 1.82) is 0 Å². The summed E-state index contributed by atoms with van der Waals surface area (Å²) in [5, 5.41) is 0.00611. The molecule has 0 saturated carbocycles. The SMILES string of the molecule is O=C(COCC(=O)c1ccccc1)Sc1nc2ccccc2o1. The van der Waals surface area contributed by atoms with Gasteiger partial charge in [-0.05, 0) is 12.1 Å². The molecular formula is C17H13NO4S. The number of carbonyl (C=O) groups is 2. The summed E-state index contributed by atoms with van der Waals surface area (Å²) in [4.78, 5) is 27.9. The number of fused-ring (bicyclic) bond motifs is 1. The molecule has 0 atom stereocenters. The molecule has 0 aliphatic carbocycles. The van der Waals surface area contributed by atoms with E-state index in [0.29, 0.717) is 16.7 Å². The number of Topliss-reactive ketones (excluding diaryl/α,β-unsaturated/α-hetero) is 1. The third-order valence-corrected chi connectivity index (χ3v) is 3.72. The van der Waals surface area contributed by atoms with Crippen LogP contribution in [0, 0.1) is 0 Å². The van der Waals surface area contributed by atoms with Crippen LogP contribution in [-0.4, -0.2) is 29.1 Å². The van der Waals surface area contributed by atoms with Gasteiger partial charge in [0.15, 0.2) is 11.4 Å². The molecule has 0 amide bonds. The van der Waals surface area contributed by atoms with Crippen LogP contribution in [0.4, 0.5) is 0 Å². The van der Waals surface area contributed by atoms with Crippen molar-refractivity contribution in [2.45, 2.75) is 5.22 Å². The molecule has 5 nitrogen and oxygen atoms in total. The Morgan fingerprint density at radius 3 is 2.52 bits per heavy atom. The van der Waals surface area contributed by atoms with Crippen molar-refractivity contribution in [3.63, 3.8) is 0 Å². The number of ether oxygens (including phenoxy) is 1. The van der Waals surface area contributed by atoms with Gasteiger partial charge in [-0.15, -0.1) is 0 Å². The number of oxazole rings is 1. The van der Waals surface area contributed by atoms with Crippen molar-refractivity contribution in [3.8, 4) is 0 Å². The summed E-state index contributed by atoms with van der Waals surface area (Å²) < 4.78 is 10.6. The van der Waals surface area contributed by atoms with E-state index in [0.717, 1.165) is 11.8 Å². The van der Waals surface area contributed by atoms with Crippen LogP contribution < -0.4 is 0 Å². The largest absolute Gasteiger partial charge is 0.431 e. The number of para-hydroxylation sites is 2. The van der Waals surface area contributed by atoms with Gasteiger partial charge < -0.3 is 9.15 Å². The Hall–Kier alpha value is -2.44. The number of aromatic nitrogens is 1. The first-order valence-corrected chi connectivity index (χ1v) is 7.76. The van der Waals surface area contributed by atoms with Crippen LogP contribution in [0.1, 0.15) is 10.4 Å². The van der Waals surface area contributed by atoms with Crippen LogP contribution in [0.5, 0.6) is 0 Å². The molecule has 116 valence electrons. The van der Waals surface area contributed by atoms with E-state index in [4.69, 9.17) is 9.15 Å². The molecule has 0 bridgehead atoms. The van der Waals surface area contributed by atoms with E-state index >= 15 is 0 Å². The van der Waals surface area contributed by atoms with Gasteiger partial charge in [0, 0.05) is 17.3 Å². The lowest BCUT2D eigenvalue weighted by Gasteiger charge is -2.02. The maximum Gasteiger partial charge on any atom is 0.264 e. The fourth-order valence-electron chi connectivity index (χ4n) is 1.96. The molecular weight excluding hydrogens is 314 g/mol. The minimum Gasteiger partial charge on any atom is -0.431 e. The molecule has 6 heteroatoms. The number of hydrogen-bond acceptors (Lipinski definition) is 6. The van der Waals surface area contributed by atoms with Gasteiger partial charge in [-0.25, -0.2) is 4.98 Å². The Morgan fingerprint density at radius 2 is 1.74 bits per heavy atom. The van der Waals surface area contributed by atoms with Crippen molar-refractivity contribution in [1.82, 2.24) is 4.98 Å². The Balaban J connectivity index is 1.49. The number of carbonyl (C=O) groups excluding carboxylic acids is 2. The molecule has 1 aromatic heterocycles. The Morgan fingerprint density at radius 1 is 1.00 bits per heavy atom. The summed E-state index contributed by atoms with van der Waals surface area (Å²) in [5.74, 6) is -0.162. The van der Waals surface area contributed by atoms with E-state index in [-0.39, 0.29) is 29.3 Å². The van der Waals surface area contributed by atoms with Crippen LogP contribution in [0.3, 0.4) is 0 Å². The van der Waals surface area contributed by atoms with Gasteiger partial charge >= 0.3 is 0 Å². The average molecular weight is 327 g/mol. The van der Waals surface area contributed by atoms with Crippen molar-refractivity contribution >= 4 is 33.8 Å². The van der Waals surface area contributed by atoms with Gasteiger partial charge in [-0.3, -0.25) is 9.59 Å². The van der Waals surface area contributed by atoms with Gasteiger partial charge in [0.25, 0.3) is 5.22 Å². The molecule has 0 aliphatic rings. The summed E-state index contributed by atoms with van der Waals surface area (Å²) >= 11 is 0.864. The van der Waals surface area contributed by atoms with Gasteiger partial charge in [-0.2, -0.15) is 0 Å². The highest BCUT2D eigenvalue weighted by molar-refractivity contribution is 8.13. The molecule has 0 radical (unpaired) electrons. The Labute approximate surface area is 136 Å². The quantitative estimate of drug-likeness (QED) is 0.511.